The fourth-order valence-electron chi connectivity index (χ4n) is 4.53. The molecule has 7 heteroatoms. The number of allylic oxidation sites excluding steroid dienone is 1. The summed E-state index contributed by atoms with van der Waals surface area (Å²) >= 11 is 0. The normalized spacial score (nSPS) is 23.1. The van der Waals surface area contributed by atoms with Crippen molar-refractivity contribution in [3.05, 3.63) is 77.5 Å². The van der Waals surface area contributed by atoms with E-state index in [2.05, 4.69) is 33.9 Å². The second-order valence-corrected chi connectivity index (χ2v) is 8.61. The second-order valence-electron chi connectivity index (χ2n) is 8.61. The van der Waals surface area contributed by atoms with Gasteiger partial charge in [-0.3, -0.25) is 15.0 Å². The summed E-state index contributed by atoms with van der Waals surface area (Å²) in [7, 11) is 1.74. The molecule has 7 nitrogen and oxygen atoms in total. The molecule has 3 aliphatic heterocycles. The quantitative estimate of drug-likeness (QED) is 0.278. The maximum absolute atomic E-state index is 10.7. The number of hydrogen-bond acceptors (Lipinski definition) is 7. The number of nitrogens with zero attached hydrogens (tertiary/aromatic N) is 1. The van der Waals surface area contributed by atoms with Gasteiger partial charge < -0.3 is 15.0 Å². The van der Waals surface area contributed by atoms with Crippen LogP contribution in [-0.4, -0.2) is 56.3 Å². The van der Waals surface area contributed by atoms with Crippen molar-refractivity contribution in [3.8, 4) is 5.75 Å². The molecular weight excluding hydrogens is 416 g/mol. The number of fused-ring (bicyclic) bond motifs is 3. The summed E-state index contributed by atoms with van der Waals surface area (Å²) in [6, 6.07) is 18.1. The van der Waals surface area contributed by atoms with Crippen LogP contribution in [0.25, 0.3) is 0 Å². The van der Waals surface area contributed by atoms with Crippen molar-refractivity contribution in [2.45, 2.75) is 25.0 Å². The van der Waals surface area contributed by atoms with Crippen LogP contribution in [0.5, 0.6) is 5.75 Å². The predicted octanol–water partition coefficient (Wildman–Crippen LogP) is 3.09. The Kier molecular flexibility index (Phi) is 7.88. The van der Waals surface area contributed by atoms with Crippen molar-refractivity contribution < 1.29 is 14.4 Å². The van der Waals surface area contributed by atoms with Crippen LogP contribution >= 0.6 is 0 Å². The first-order chi connectivity index (χ1) is 16.2. The monoisotopic (exact) mass is 448 g/mol. The molecular formula is C26H32N4O3. The number of aldehydes is 1. The van der Waals surface area contributed by atoms with Gasteiger partial charge in [0.05, 0.1) is 23.6 Å². The first kappa shape index (κ1) is 23.2. The Labute approximate surface area is 195 Å². The van der Waals surface area contributed by atoms with Crippen molar-refractivity contribution in [2.24, 2.45) is 5.92 Å². The Hall–Kier alpha value is -3.00. The zero-order chi connectivity index (χ0) is 23.0. The molecule has 1 unspecified atom stereocenters. The van der Waals surface area contributed by atoms with Crippen molar-refractivity contribution in [3.63, 3.8) is 0 Å². The van der Waals surface area contributed by atoms with Crippen LogP contribution in [0.4, 0.5) is 0 Å². The largest absolute Gasteiger partial charge is 0.487 e. The number of benzene rings is 2. The van der Waals surface area contributed by atoms with Crippen LogP contribution in [0, 0.1) is 11.3 Å². The Morgan fingerprint density at radius 1 is 1.15 bits per heavy atom. The topological polar surface area (TPSA) is 86.7 Å². The summed E-state index contributed by atoms with van der Waals surface area (Å²) in [6.45, 7) is 3.58. The lowest BCUT2D eigenvalue weighted by atomic mass is 9.86. The first-order valence-electron chi connectivity index (χ1n) is 11.5. The molecule has 0 saturated carbocycles. The van der Waals surface area contributed by atoms with Gasteiger partial charge in [0.1, 0.15) is 12.4 Å². The number of ether oxygens (including phenoxy) is 1. The van der Waals surface area contributed by atoms with Crippen LogP contribution < -0.4 is 15.5 Å². The molecule has 3 saturated heterocycles. The molecule has 0 aliphatic carbocycles. The molecule has 3 aliphatic rings. The number of likely N-dealkylation sites (N-methyl/N-ethyl adjacent to an activating group) is 1. The summed E-state index contributed by atoms with van der Waals surface area (Å²) in [5.41, 5.74) is 6.08. The van der Waals surface area contributed by atoms with E-state index in [-0.39, 0.29) is 24.5 Å². The maximum Gasteiger partial charge on any atom is 0.167 e. The molecule has 174 valence electrons. The number of hydroxylamine groups is 1. The molecule has 0 spiro atoms. The lowest BCUT2D eigenvalue weighted by Crippen LogP contribution is -2.53. The van der Waals surface area contributed by atoms with E-state index in [4.69, 9.17) is 15.0 Å². The van der Waals surface area contributed by atoms with Crippen LogP contribution in [0.2, 0.25) is 0 Å². The van der Waals surface area contributed by atoms with Crippen molar-refractivity contribution >= 4 is 12.0 Å². The van der Waals surface area contributed by atoms with Crippen molar-refractivity contribution in [1.82, 2.24) is 15.7 Å². The summed E-state index contributed by atoms with van der Waals surface area (Å²) in [6.07, 6.45) is 4.58. The SMILES string of the molecule is CN/C(=C\C(=N)C=O)COc1cccc(C(NO[C@H]2CN3CCC2CC3)c2ccccc2)c1. The highest BCUT2D eigenvalue weighted by Crippen LogP contribution is 2.31. The molecule has 3 heterocycles. The molecule has 2 aromatic carbocycles. The van der Waals surface area contributed by atoms with Crippen molar-refractivity contribution in [1.29, 1.82) is 5.41 Å². The van der Waals surface area contributed by atoms with Gasteiger partial charge in [-0.05, 0) is 61.2 Å². The smallest absolute Gasteiger partial charge is 0.167 e. The van der Waals surface area contributed by atoms with Gasteiger partial charge in [0, 0.05) is 13.6 Å². The van der Waals surface area contributed by atoms with Crippen LogP contribution in [0.1, 0.15) is 30.0 Å². The van der Waals surface area contributed by atoms with Crippen molar-refractivity contribution in [2.75, 3.05) is 33.3 Å². The lowest BCUT2D eigenvalue weighted by molar-refractivity contribution is -0.119. The highest BCUT2D eigenvalue weighted by atomic mass is 16.7. The molecule has 0 radical (unpaired) electrons. The Balaban J connectivity index is 1.48. The predicted molar refractivity (Wildman–Crippen MR) is 128 cm³/mol. The maximum atomic E-state index is 10.7. The zero-order valence-electron chi connectivity index (χ0n) is 19.0. The van der Waals surface area contributed by atoms with Gasteiger partial charge >= 0.3 is 0 Å². The molecule has 33 heavy (non-hydrogen) atoms. The van der Waals surface area contributed by atoms with E-state index in [0.29, 0.717) is 23.7 Å². The van der Waals surface area contributed by atoms with Crippen LogP contribution in [0.3, 0.4) is 0 Å². The number of hydrogen-bond donors (Lipinski definition) is 3. The van der Waals surface area contributed by atoms with E-state index in [1.807, 2.05) is 36.4 Å². The number of carbonyl (C=O) groups is 1. The number of rotatable bonds is 11. The fourth-order valence-corrected chi connectivity index (χ4v) is 4.53. The van der Waals surface area contributed by atoms with Gasteiger partial charge in [-0.25, -0.2) is 0 Å². The average Bonchev–Trinajstić information content (AvgIpc) is 2.88. The standard InChI is InChI=1S/C26H32N4O3/c1-28-23(15-22(27)17-31)18-32-24-9-5-8-21(14-24)26(20-6-3-2-4-7-20)29-33-25-16-30-12-10-19(25)11-13-30/h2-9,14-15,17,19,25-29H,10-13,16,18H2,1H3/b23-15-,27-22?/t25-,26?/m0/s1. The number of carbonyl (C=O) groups excluding carboxylic acids is 1. The molecule has 3 N–H and O–H groups in total. The highest BCUT2D eigenvalue weighted by molar-refractivity contribution is 6.32. The molecule has 0 amide bonds. The summed E-state index contributed by atoms with van der Waals surface area (Å²) in [4.78, 5) is 19.5. The van der Waals surface area contributed by atoms with Gasteiger partial charge in [-0.15, -0.1) is 0 Å². The van der Waals surface area contributed by atoms with Gasteiger partial charge in [0.2, 0.25) is 0 Å². The molecule has 2 aromatic rings. The van der Waals surface area contributed by atoms with Gasteiger partial charge in [0.15, 0.2) is 6.29 Å². The Morgan fingerprint density at radius 2 is 1.91 bits per heavy atom. The second kappa shape index (κ2) is 11.2. The van der Waals surface area contributed by atoms with E-state index < -0.39 is 0 Å². The summed E-state index contributed by atoms with van der Waals surface area (Å²) < 4.78 is 5.95. The van der Waals surface area contributed by atoms with E-state index >= 15 is 0 Å². The van der Waals surface area contributed by atoms with Crippen LogP contribution in [-0.2, 0) is 9.63 Å². The van der Waals surface area contributed by atoms with E-state index in [9.17, 15) is 4.79 Å². The van der Waals surface area contributed by atoms with Gasteiger partial charge in [0.25, 0.3) is 0 Å². The van der Waals surface area contributed by atoms with Gasteiger partial charge in [-0.2, -0.15) is 5.48 Å². The molecule has 3 fully saturated rings. The Morgan fingerprint density at radius 3 is 2.58 bits per heavy atom. The Bertz CT molecular complexity index is 971. The molecule has 5 rings (SSSR count). The fraction of sp³-hybridized carbons (Fsp3) is 0.385. The minimum atomic E-state index is -0.132. The van der Waals surface area contributed by atoms with E-state index in [1.165, 1.54) is 32.0 Å². The molecule has 0 aromatic heterocycles. The number of piperidine rings is 3. The van der Waals surface area contributed by atoms with E-state index in [0.717, 1.165) is 17.7 Å². The minimum absolute atomic E-state index is 0.102. The first-order valence-corrected chi connectivity index (χ1v) is 11.5. The van der Waals surface area contributed by atoms with Gasteiger partial charge in [-0.1, -0.05) is 42.5 Å². The zero-order valence-corrected chi connectivity index (χ0v) is 19.0. The lowest BCUT2D eigenvalue weighted by Gasteiger charge is -2.44. The van der Waals surface area contributed by atoms with Crippen LogP contribution in [0.15, 0.2) is 66.4 Å². The third kappa shape index (κ3) is 6.07. The minimum Gasteiger partial charge on any atom is -0.487 e. The molecule has 2 bridgehead atoms. The third-order valence-electron chi connectivity index (χ3n) is 6.43. The molecule has 2 atom stereocenters. The number of nitrogens with one attached hydrogen (secondary N) is 3. The third-order valence-corrected chi connectivity index (χ3v) is 6.43. The highest BCUT2D eigenvalue weighted by Gasteiger charge is 2.35. The summed E-state index contributed by atoms with van der Waals surface area (Å²) in [5, 5.41) is 10.5. The van der Waals surface area contributed by atoms with E-state index in [1.54, 1.807) is 7.05 Å². The summed E-state index contributed by atoms with van der Waals surface area (Å²) in [5.74, 6) is 1.32. The average molecular weight is 449 g/mol.